The Kier molecular flexibility index (Phi) is 4.70. The summed E-state index contributed by atoms with van der Waals surface area (Å²) in [7, 11) is 0. The number of nitrogens with zero attached hydrogens (tertiary/aromatic N) is 2. The van der Waals surface area contributed by atoms with Crippen molar-refractivity contribution < 1.29 is 0 Å². The summed E-state index contributed by atoms with van der Waals surface area (Å²) in [5, 5.41) is 17.9. The van der Waals surface area contributed by atoms with E-state index >= 15 is 0 Å². The molecule has 0 saturated carbocycles. The molecular formula is C18H14N2. The van der Waals surface area contributed by atoms with Crippen LogP contribution in [0, 0.1) is 22.7 Å². The van der Waals surface area contributed by atoms with E-state index in [1.807, 2.05) is 0 Å². The van der Waals surface area contributed by atoms with E-state index in [1.165, 1.54) is 21.6 Å². The summed E-state index contributed by atoms with van der Waals surface area (Å²) in [5.74, 6) is 0. The van der Waals surface area contributed by atoms with Crippen LogP contribution < -0.4 is 10.4 Å². The minimum Gasteiger partial charge on any atom is -0.197 e. The van der Waals surface area contributed by atoms with Gasteiger partial charge >= 0.3 is 0 Å². The second kappa shape index (κ2) is 6.92. The van der Waals surface area contributed by atoms with Gasteiger partial charge in [0.2, 0.25) is 0 Å². The van der Waals surface area contributed by atoms with E-state index in [1.54, 1.807) is 12.1 Å². The molecule has 0 saturated heterocycles. The predicted octanol–water partition coefficient (Wildman–Crippen LogP) is 2.50. The van der Waals surface area contributed by atoms with E-state index < -0.39 is 0 Å². The summed E-state index contributed by atoms with van der Waals surface area (Å²) in [5.41, 5.74) is 2.79. The summed E-state index contributed by atoms with van der Waals surface area (Å²) in [4.78, 5) is 0. The highest BCUT2D eigenvalue weighted by Gasteiger charge is 2.06. The lowest BCUT2D eigenvalue weighted by Gasteiger charge is -2.09. The topological polar surface area (TPSA) is 47.6 Å². The average Bonchev–Trinajstić information content (AvgIpc) is 2.68. The molecule has 0 heterocycles. The first-order chi connectivity index (χ1) is 9.86. The maximum absolute atomic E-state index is 7.59. The number of hydrogen-bond acceptors (Lipinski definition) is 2. The molecule has 0 aromatic heterocycles. The molecule has 0 radical (unpaired) electrons. The average molecular weight is 258 g/mol. The van der Waals surface area contributed by atoms with Crippen molar-refractivity contribution in [2.45, 2.75) is 12.8 Å². The number of allylic oxidation sites excluding steroid dienone is 6. The number of benzene rings is 1. The van der Waals surface area contributed by atoms with Crippen molar-refractivity contribution in [3.63, 3.8) is 0 Å². The van der Waals surface area contributed by atoms with Crippen molar-refractivity contribution in [1.29, 1.82) is 10.5 Å². The fourth-order valence-corrected chi connectivity index (χ4v) is 2.21. The molecule has 1 aromatic carbocycles. The third kappa shape index (κ3) is 3.13. The number of nitriles is 2. The zero-order chi connectivity index (χ0) is 14.2. The van der Waals surface area contributed by atoms with Crippen molar-refractivity contribution in [3.8, 4) is 12.1 Å². The van der Waals surface area contributed by atoms with Gasteiger partial charge in [-0.25, -0.2) is 0 Å². The molecular weight excluding hydrogens is 244 g/mol. The Bertz CT molecular complexity index is 766. The van der Waals surface area contributed by atoms with Gasteiger partial charge in [0.25, 0.3) is 0 Å². The standard InChI is InChI=1S/C15H12.C3H2N2/c1-3-10-14-12(6-1)8-5-9-13-7-2-4-11-15(13)14;4-2-1-3-5/h1-10H,11H2;1H2. The van der Waals surface area contributed by atoms with E-state index in [0.29, 0.717) is 0 Å². The Hall–Kier alpha value is -2.84. The summed E-state index contributed by atoms with van der Waals surface area (Å²) < 4.78 is 0. The first-order valence-corrected chi connectivity index (χ1v) is 6.44. The lowest BCUT2D eigenvalue weighted by Crippen LogP contribution is -2.26. The molecule has 2 aliphatic carbocycles. The lowest BCUT2D eigenvalue weighted by molar-refractivity contribution is 1.32. The van der Waals surface area contributed by atoms with Crippen LogP contribution in [0.15, 0.2) is 60.2 Å². The SMILES string of the molecule is C1=CCC2=c3ccccc3=CC=CC2=C1.N#CCC#N. The van der Waals surface area contributed by atoms with Crippen LogP contribution in [0.1, 0.15) is 12.8 Å². The molecule has 0 bridgehead atoms. The van der Waals surface area contributed by atoms with Gasteiger partial charge in [-0.05, 0) is 28.0 Å². The van der Waals surface area contributed by atoms with Crippen molar-refractivity contribution in [2.24, 2.45) is 0 Å². The Morgan fingerprint density at radius 3 is 2.55 bits per heavy atom. The Morgan fingerprint density at radius 1 is 1.00 bits per heavy atom. The molecule has 0 fully saturated rings. The van der Waals surface area contributed by atoms with Crippen molar-refractivity contribution in [3.05, 3.63) is 70.7 Å². The van der Waals surface area contributed by atoms with Crippen LogP contribution in [-0.2, 0) is 0 Å². The van der Waals surface area contributed by atoms with Crippen LogP contribution in [0.4, 0.5) is 0 Å². The largest absolute Gasteiger partial charge is 0.197 e. The van der Waals surface area contributed by atoms with E-state index in [9.17, 15) is 0 Å². The summed E-state index contributed by atoms with van der Waals surface area (Å²) in [6.45, 7) is 0. The fraction of sp³-hybridized carbons (Fsp3) is 0.111. The third-order valence-corrected chi connectivity index (χ3v) is 3.08. The second-order valence-electron chi connectivity index (χ2n) is 4.34. The Balaban J connectivity index is 0.000000257. The van der Waals surface area contributed by atoms with Gasteiger partial charge in [0.15, 0.2) is 0 Å². The number of rotatable bonds is 0. The van der Waals surface area contributed by atoms with Gasteiger partial charge < -0.3 is 0 Å². The van der Waals surface area contributed by atoms with E-state index in [4.69, 9.17) is 10.5 Å². The highest BCUT2D eigenvalue weighted by molar-refractivity contribution is 5.74. The molecule has 0 unspecified atom stereocenters. The smallest absolute Gasteiger partial charge is 0.122 e. The molecule has 0 spiro atoms. The minimum atomic E-state index is 0. The van der Waals surface area contributed by atoms with Gasteiger partial charge in [-0.2, -0.15) is 10.5 Å². The first kappa shape index (κ1) is 13.6. The summed E-state index contributed by atoms with van der Waals surface area (Å²) in [6.07, 6.45) is 14.1. The van der Waals surface area contributed by atoms with E-state index in [0.717, 1.165) is 6.42 Å². The van der Waals surface area contributed by atoms with Crippen LogP contribution in [-0.4, -0.2) is 0 Å². The maximum Gasteiger partial charge on any atom is 0.122 e. The van der Waals surface area contributed by atoms with E-state index in [2.05, 4.69) is 60.7 Å². The van der Waals surface area contributed by atoms with Crippen LogP contribution in [0.3, 0.4) is 0 Å². The van der Waals surface area contributed by atoms with Gasteiger partial charge in [-0.15, -0.1) is 0 Å². The van der Waals surface area contributed by atoms with Crippen molar-refractivity contribution >= 4 is 11.6 Å². The minimum absolute atomic E-state index is 0. The van der Waals surface area contributed by atoms with Crippen LogP contribution >= 0.6 is 0 Å². The maximum atomic E-state index is 7.59. The molecule has 0 atom stereocenters. The molecule has 0 aliphatic heterocycles. The Labute approximate surface area is 118 Å². The highest BCUT2D eigenvalue weighted by atomic mass is 14.3. The molecule has 2 heteroatoms. The molecule has 20 heavy (non-hydrogen) atoms. The highest BCUT2D eigenvalue weighted by Crippen LogP contribution is 2.20. The van der Waals surface area contributed by atoms with Crippen LogP contribution in [0.2, 0.25) is 0 Å². The fourth-order valence-electron chi connectivity index (χ4n) is 2.21. The summed E-state index contributed by atoms with van der Waals surface area (Å²) >= 11 is 0. The van der Waals surface area contributed by atoms with Crippen molar-refractivity contribution in [1.82, 2.24) is 0 Å². The molecule has 96 valence electrons. The van der Waals surface area contributed by atoms with Crippen LogP contribution in [0.5, 0.6) is 0 Å². The third-order valence-electron chi connectivity index (χ3n) is 3.08. The van der Waals surface area contributed by atoms with Gasteiger partial charge in [0.05, 0.1) is 12.1 Å². The van der Waals surface area contributed by atoms with Gasteiger partial charge in [-0.3, -0.25) is 0 Å². The van der Waals surface area contributed by atoms with Gasteiger partial charge in [0.1, 0.15) is 6.42 Å². The molecule has 1 aromatic rings. The van der Waals surface area contributed by atoms with Crippen LogP contribution in [0.25, 0.3) is 11.6 Å². The quantitative estimate of drug-likeness (QED) is 0.717. The van der Waals surface area contributed by atoms with Crippen molar-refractivity contribution in [2.75, 3.05) is 0 Å². The molecule has 2 aliphatic rings. The lowest BCUT2D eigenvalue weighted by atomic mass is 9.96. The Morgan fingerprint density at radius 2 is 1.80 bits per heavy atom. The zero-order valence-corrected chi connectivity index (χ0v) is 11.1. The summed E-state index contributed by atoms with van der Waals surface area (Å²) in [6, 6.07) is 11.9. The normalized spacial score (nSPS) is 14.1. The monoisotopic (exact) mass is 258 g/mol. The molecule has 0 amide bonds. The molecule has 2 nitrogen and oxygen atoms in total. The van der Waals surface area contributed by atoms with Gasteiger partial charge in [0, 0.05) is 0 Å². The predicted molar refractivity (Wildman–Crippen MR) is 80.4 cm³/mol. The zero-order valence-electron chi connectivity index (χ0n) is 11.1. The van der Waals surface area contributed by atoms with Gasteiger partial charge in [-0.1, -0.05) is 60.7 Å². The van der Waals surface area contributed by atoms with E-state index in [-0.39, 0.29) is 6.42 Å². The first-order valence-electron chi connectivity index (χ1n) is 6.44. The molecule has 3 rings (SSSR count). The molecule has 0 N–H and O–H groups in total. The number of hydrogen-bond donors (Lipinski definition) is 0. The second-order valence-corrected chi connectivity index (χ2v) is 4.34. The number of fused-ring (bicyclic) bond motifs is 2.